The highest BCUT2D eigenvalue weighted by Gasteiger charge is 2.29. The summed E-state index contributed by atoms with van der Waals surface area (Å²) < 4.78 is 40.4. The van der Waals surface area contributed by atoms with E-state index in [1.807, 2.05) is 12.3 Å². The monoisotopic (exact) mass is 370 g/mol. The molecular formula is C22H21F3N2. The Kier molecular flexibility index (Phi) is 4.35. The zero-order valence-corrected chi connectivity index (χ0v) is 15.3. The second kappa shape index (κ2) is 6.57. The Balaban J connectivity index is 1.75. The number of nitrogens with zero attached hydrogens (tertiary/aromatic N) is 2. The van der Waals surface area contributed by atoms with Gasteiger partial charge in [0.25, 0.3) is 0 Å². The molecule has 0 fully saturated rings. The van der Waals surface area contributed by atoms with Crippen LogP contribution in [0.4, 0.5) is 13.2 Å². The number of rotatable bonds is 2. The molecule has 0 amide bonds. The first-order valence-corrected chi connectivity index (χ1v) is 8.99. The Morgan fingerprint density at radius 1 is 1.04 bits per heavy atom. The number of benzene rings is 2. The first-order chi connectivity index (χ1) is 12.8. The minimum Gasteiger partial charge on any atom is -0.320 e. The van der Waals surface area contributed by atoms with Crippen molar-refractivity contribution >= 4 is 23.2 Å². The molecule has 0 bridgehead atoms. The molecule has 0 unspecified atom stereocenters. The molecule has 5 heteroatoms. The van der Waals surface area contributed by atoms with Crippen LogP contribution in [0.5, 0.6) is 0 Å². The molecule has 4 rings (SSSR count). The lowest BCUT2D eigenvalue weighted by Crippen LogP contribution is -2.26. The number of hydrogen-bond donors (Lipinski definition) is 0. The van der Waals surface area contributed by atoms with E-state index in [1.54, 1.807) is 0 Å². The molecule has 0 saturated carbocycles. The van der Waals surface area contributed by atoms with Crippen LogP contribution in [-0.4, -0.2) is 23.1 Å². The summed E-state index contributed by atoms with van der Waals surface area (Å²) in [4.78, 5) is 2.31. The molecule has 0 saturated heterocycles. The van der Waals surface area contributed by atoms with Crippen molar-refractivity contribution in [3.05, 3.63) is 70.4 Å². The van der Waals surface area contributed by atoms with E-state index in [0.29, 0.717) is 0 Å². The molecule has 140 valence electrons. The summed E-state index contributed by atoms with van der Waals surface area (Å²) >= 11 is 0. The molecule has 2 heterocycles. The Labute approximate surface area is 156 Å². The average molecular weight is 370 g/mol. The average Bonchev–Trinajstić information content (AvgIpc) is 2.92. The smallest absolute Gasteiger partial charge is 0.320 e. The van der Waals surface area contributed by atoms with Gasteiger partial charge in [-0.05, 0) is 55.4 Å². The standard InChI is InChI=1S/C22H21F3N2/c1-15-3-8-20-18(13-15)19-14-26(2)11-10-21(19)27(20)12-9-16-4-6-17(7-5-16)22(23,24)25/h3-9,12-13H,10-11,14H2,1-2H3. The van der Waals surface area contributed by atoms with E-state index in [9.17, 15) is 13.2 Å². The quantitative estimate of drug-likeness (QED) is 0.571. The Morgan fingerprint density at radius 2 is 1.78 bits per heavy atom. The van der Waals surface area contributed by atoms with E-state index in [1.165, 1.54) is 34.3 Å². The van der Waals surface area contributed by atoms with E-state index in [0.717, 1.165) is 42.7 Å². The third-order valence-electron chi connectivity index (χ3n) is 5.19. The van der Waals surface area contributed by atoms with Crippen molar-refractivity contribution in [1.82, 2.24) is 9.47 Å². The van der Waals surface area contributed by atoms with E-state index in [-0.39, 0.29) is 0 Å². The molecule has 2 aromatic carbocycles. The number of aryl methyl sites for hydroxylation is 1. The summed E-state index contributed by atoms with van der Waals surface area (Å²) in [6.07, 6.45) is 0.501. The number of hydrogen-bond acceptors (Lipinski definition) is 1. The van der Waals surface area contributed by atoms with Gasteiger partial charge in [-0.1, -0.05) is 23.8 Å². The largest absolute Gasteiger partial charge is 0.416 e. The van der Waals surface area contributed by atoms with Gasteiger partial charge in [-0.3, -0.25) is 0 Å². The van der Waals surface area contributed by atoms with Gasteiger partial charge >= 0.3 is 6.18 Å². The fourth-order valence-electron chi connectivity index (χ4n) is 3.76. The molecule has 1 aliphatic heterocycles. The van der Waals surface area contributed by atoms with Crippen molar-refractivity contribution in [1.29, 1.82) is 0 Å². The maximum atomic E-state index is 12.7. The molecular weight excluding hydrogens is 349 g/mol. The van der Waals surface area contributed by atoms with Crippen LogP contribution in [0.15, 0.2) is 42.5 Å². The molecule has 3 aromatic rings. The summed E-state index contributed by atoms with van der Waals surface area (Å²) in [5, 5.41) is 1.26. The highest BCUT2D eigenvalue weighted by molar-refractivity contribution is 5.89. The topological polar surface area (TPSA) is 8.17 Å². The number of fused-ring (bicyclic) bond motifs is 3. The minimum atomic E-state index is -4.30. The van der Waals surface area contributed by atoms with Crippen molar-refractivity contribution in [2.45, 2.75) is 26.1 Å². The van der Waals surface area contributed by atoms with Gasteiger partial charge in [-0.2, -0.15) is 13.2 Å². The Morgan fingerprint density at radius 3 is 2.48 bits per heavy atom. The molecule has 0 radical (unpaired) electrons. The first kappa shape index (κ1) is 17.9. The molecule has 1 aliphatic rings. The van der Waals surface area contributed by atoms with Crippen molar-refractivity contribution in [2.75, 3.05) is 13.6 Å². The lowest BCUT2D eigenvalue weighted by molar-refractivity contribution is -0.137. The normalized spacial score (nSPS) is 15.6. The van der Waals surface area contributed by atoms with Crippen LogP contribution in [0.25, 0.3) is 23.2 Å². The SMILES string of the molecule is Cc1ccc2c(c1)c1c(n2C=Cc2ccc(C(F)(F)F)cc2)CCN(C)C1. The van der Waals surface area contributed by atoms with Crippen LogP contribution < -0.4 is 0 Å². The molecule has 0 spiro atoms. The van der Waals surface area contributed by atoms with Crippen molar-refractivity contribution in [3.8, 4) is 0 Å². The number of likely N-dealkylation sites (N-methyl/N-ethyl adjacent to an activating group) is 1. The van der Waals surface area contributed by atoms with Gasteiger partial charge in [0, 0.05) is 36.8 Å². The van der Waals surface area contributed by atoms with Crippen LogP contribution in [0.1, 0.15) is 27.9 Å². The van der Waals surface area contributed by atoms with Gasteiger partial charge in [0.05, 0.1) is 11.1 Å². The van der Waals surface area contributed by atoms with E-state index < -0.39 is 11.7 Å². The summed E-state index contributed by atoms with van der Waals surface area (Å²) in [7, 11) is 2.12. The van der Waals surface area contributed by atoms with E-state index in [2.05, 4.69) is 41.6 Å². The molecule has 0 atom stereocenters. The van der Waals surface area contributed by atoms with Gasteiger partial charge < -0.3 is 9.47 Å². The molecule has 27 heavy (non-hydrogen) atoms. The van der Waals surface area contributed by atoms with Crippen molar-refractivity contribution < 1.29 is 13.2 Å². The molecule has 0 aliphatic carbocycles. The fourth-order valence-corrected chi connectivity index (χ4v) is 3.76. The lowest BCUT2D eigenvalue weighted by atomic mass is 10.0. The summed E-state index contributed by atoms with van der Waals surface area (Å²) in [6.45, 7) is 4.00. The van der Waals surface area contributed by atoms with Crippen LogP contribution in [0, 0.1) is 6.92 Å². The lowest BCUT2D eigenvalue weighted by Gasteiger charge is -2.23. The van der Waals surface area contributed by atoms with Crippen LogP contribution in [0.3, 0.4) is 0 Å². The van der Waals surface area contributed by atoms with E-state index >= 15 is 0 Å². The number of halogens is 3. The predicted molar refractivity (Wildman–Crippen MR) is 103 cm³/mol. The molecule has 1 aromatic heterocycles. The first-order valence-electron chi connectivity index (χ1n) is 8.99. The highest BCUT2D eigenvalue weighted by atomic mass is 19.4. The number of alkyl halides is 3. The van der Waals surface area contributed by atoms with Gasteiger partial charge in [-0.25, -0.2) is 0 Å². The van der Waals surface area contributed by atoms with Gasteiger partial charge in [-0.15, -0.1) is 0 Å². The summed E-state index contributed by atoms with van der Waals surface area (Å²) in [5.41, 5.74) is 5.13. The Bertz CT molecular complexity index is 1010. The van der Waals surface area contributed by atoms with Gasteiger partial charge in [0.1, 0.15) is 0 Å². The van der Waals surface area contributed by atoms with E-state index in [4.69, 9.17) is 0 Å². The summed E-state index contributed by atoms with van der Waals surface area (Å²) in [5.74, 6) is 0. The summed E-state index contributed by atoms with van der Waals surface area (Å²) in [6, 6.07) is 11.7. The highest BCUT2D eigenvalue weighted by Crippen LogP contribution is 2.32. The third kappa shape index (κ3) is 3.39. The van der Waals surface area contributed by atoms with Crippen LogP contribution >= 0.6 is 0 Å². The Hall–Kier alpha value is -2.53. The van der Waals surface area contributed by atoms with Crippen LogP contribution in [0.2, 0.25) is 0 Å². The second-order valence-corrected chi connectivity index (χ2v) is 7.24. The predicted octanol–water partition coefficient (Wildman–Crippen LogP) is 5.58. The second-order valence-electron chi connectivity index (χ2n) is 7.24. The van der Waals surface area contributed by atoms with Crippen LogP contribution in [-0.2, 0) is 19.1 Å². The van der Waals surface area contributed by atoms with Crippen molar-refractivity contribution in [2.24, 2.45) is 0 Å². The maximum Gasteiger partial charge on any atom is 0.416 e. The number of aromatic nitrogens is 1. The zero-order chi connectivity index (χ0) is 19.2. The fraction of sp³-hybridized carbons (Fsp3) is 0.273. The zero-order valence-electron chi connectivity index (χ0n) is 15.3. The molecule has 2 nitrogen and oxygen atoms in total. The van der Waals surface area contributed by atoms with Crippen molar-refractivity contribution in [3.63, 3.8) is 0 Å². The van der Waals surface area contributed by atoms with Gasteiger partial charge in [0.15, 0.2) is 0 Å². The molecule has 0 N–H and O–H groups in total. The maximum absolute atomic E-state index is 12.7. The minimum absolute atomic E-state index is 0.623. The van der Waals surface area contributed by atoms with Gasteiger partial charge in [0.2, 0.25) is 0 Å². The third-order valence-corrected chi connectivity index (χ3v) is 5.19.